The second-order valence-electron chi connectivity index (χ2n) is 7.24. The molecule has 0 aliphatic carbocycles. The van der Waals surface area contributed by atoms with Gasteiger partial charge in [-0.15, -0.1) is 0 Å². The Morgan fingerprint density at radius 3 is 2.74 bits per heavy atom. The Kier molecular flexibility index (Phi) is 4.77. The first-order valence-corrected chi connectivity index (χ1v) is 11.1. The first-order chi connectivity index (χ1) is 13.0. The molecule has 144 valence electrons. The number of carbonyl (C=O) groups is 1. The van der Waals surface area contributed by atoms with Crippen LogP contribution in [0, 0.1) is 0 Å². The van der Waals surface area contributed by atoms with Crippen LogP contribution in [0.3, 0.4) is 0 Å². The Labute approximate surface area is 159 Å². The van der Waals surface area contributed by atoms with E-state index in [1.807, 2.05) is 36.0 Å². The number of benzene rings is 1. The van der Waals surface area contributed by atoms with Crippen LogP contribution < -0.4 is 0 Å². The fourth-order valence-corrected chi connectivity index (χ4v) is 6.20. The molecule has 1 aromatic heterocycles. The maximum Gasteiger partial charge on any atom is 0.222 e. The van der Waals surface area contributed by atoms with E-state index < -0.39 is 9.84 Å². The Balaban J connectivity index is 1.56. The minimum atomic E-state index is -3.12. The molecule has 0 spiro atoms. The minimum absolute atomic E-state index is 0.0439. The van der Waals surface area contributed by atoms with Crippen LogP contribution in [0.15, 0.2) is 42.7 Å². The molecule has 0 N–H and O–H groups in total. The van der Waals surface area contributed by atoms with E-state index in [0.717, 1.165) is 11.3 Å². The van der Waals surface area contributed by atoms with E-state index in [1.165, 1.54) is 0 Å². The van der Waals surface area contributed by atoms with E-state index >= 15 is 0 Å². The Morgan fingerprint density at radius 1 is 1.19 bits per heavy atom. The molecule has 27 heavy (non-hydrogen) atoms. The zero-order valence-electron chi connectivity index (χ0n) is 15.4. The first kappa shape index (κ1) is 18.2. The largest absolute Gasteiger partial charge is 0.336 e. The number of fused-ring (bicyclic) bond motifs is 1. The molecule has 0 radical (unpaired) electrons. The summed E-state index contributed by atoms with van der Waals surface area (Å²) in [6.07, 6.45) is 4.05. The summed E-state index contributed by atoms with van der Waals surface area (Å²) in [5, 5.41) is 4.26. The van der Waals surface area contributed by atoms with Gasteiger partial charge in [-0.25, -0.2) is 13.1 Å². The van der Waals surface area contributed by atoms with Gasteiger partial charge in [-0.1, -0.05) is 19.1 Å². The molecule has 8 heteroatoms. The van der Waals surface area contributed by atoms with Crippen molar-refractivity contribution in [1.29, 1.82) is 0 Å². The SMILES string of the molecule is CCC(=O)N1CCN(Cc2cccc(-n3cccn3)c2)[C@@H]2CS(=O)(=O)C[C@@H]21. The summed E-state index contributed by atoms with van der Waals surface area (Å²) < 4.78 is 26.4. The molecular weight excluding hydrogens is 364 g/mol. The van der Waals surface area contributed by atoms with Crippen molar-refractivity contribution in [2.75, 3.05) is 24.6 Å². The van der Waals surface area contributed by atoms with Gasteiger partial charge in [-0.05, 0) is 23.8 Å². The highest BCUT2D eigenvalue weighted by atomic mass is 32.2. The highest BCUT2D eigenvalue weighted by Crippen LogP contribution is 2.29. The highest BCUT2D eigenvalue weighted by Gasteiger charge is 2.47. The summed E-state index contributed by atoms with van der Waals surface area (Å²) in [5.74, 6) is 0.250. The monoisotopic (exact) mass is 388 g/mol. The van der Waals surface area contributed by atoms with Gasteiger partial charge in [-0.3, -0.25) is 9.69 Å². The van der Waals surface area contributed by atoms with Gasteiger partial charge < -0.3 is 4.90 Å². The number of sulfone groups is 1. The molecule has 2 aliphatic heterocycles. The molecule has 2 atom stereocenters. The Morgan fingerprint density at radius 2 is 2.00 bits per heavy atom. The van der Waals surface area contributed by atoms with Crippen molar-refractivity contribution in [2.45, 2.75) is 32.0 Å². The van der Waals surface area contributed by atoms with Crippen molar-refractivity contribution in [1.82, 2.24) is 19.6 Å². The van der Waals surface area contributed by atoms with Gasteiger partial charge in [-0.2, -0.15) is 5.10 Å². The normalized spacial score (nSPS) is 24.7. The highest BCUT2D eigenvalue weighted by molar-refractivity contribution is 7.91. The molecular formula is C19H24N4O3S. The third-order valence-electron chi connectivity index (χ3n) is 5.48. The van der Waals surface area contributed by atoms with Crippen molar-refractivity contribution >= 4 is 15.7 Å². The number of nitrogens with zero attached hydrogens (tertiary/aromatic N) is 4. The lowest BCUT2D eigenvalue weighted by atomic mass is 10.0. The third-order valence-corrected chi connectivity index (χ3v) is 7.18. The van der Waals surface area contributed by atoms with Gasteiger partial charge in [0.25, 0.3) is 0 Å². The number of hydrogen-bond acceptors (Lipinski definition) is 5. The lowest BCUT2D eigenvalue weighted by Crippen LogP contribution is -2.60. The Bertz CT molecular complexity index is 926. The van der Waals surface area contributed by atoms with Crippen LogP contribution in [0.5, 0.6) is 0 Å². The van der Waals surface area contributed by atoms with Crippen molar-refractivity contribution < 1.29 is 13.2 Å². The molecule has 2 aliphatic rings. The standard InChI is InChI=1S/C19H24N4O3S/c1-2-19(24)22-10-9-21(17-13-27(25,26)14-18(17)22)12-15-5-3-6-16(11-15)23-8-4-7-20-23/h3-8,11,17-18H,2,9-10,12-14H2,1H3/t17-,18+/m1/s1. The van der Waals surface area contributed by atoms with Crippen molar-refractivity contribution in [2.24, 2.45) is 0 Å². The molecule has 2 aromatic rings. The number of piperazine rings is 1. The van der Waals surface area contributed by atoms with E-state index in [1.54, 1.807) is 11.1 Å². The van der Waals surface area contributed by atoms with E-state index in [2.05, 4.69) is 22.1 Å². The van der Waals surface area contributed by atoms with Crippen molar-refractivity contribution in [3.63, 3.8) is 0 Å². The zero-order valence-corrected chi connectivity index (χ0v) is 16.2. The summed E-state index contributed by atoms with van der Waals surface area (Å²) >= 11 is 0. The second-order valence-corrected chi connectivity index (χ2v) is 9.40. The molecule has 7 nitrogen and oxygen atoms in total. The molecule has 4 rings (SSSR count). The van der Waals surface area contributed by atoms with E-state index in [0.29, 0.717) is 26.1 Å². The van der Waals surface area contributed by atoms with Gasteiger partial charge in [0, 0.05) is 44.5 Å². The average Bonchev–Trinajstić information content (AvgIpc) is 3.28. The van der Waals surface area contributed by atoms with Crippen LogP contribution in [0.25, 0.3) is 5.69 Å². The van der Waals surface area contributed by atoms with Gasteiger partial charge in [0.1, 0.15) is 0 Å². The van der Waals surface area contributed by atoms with E-state index in [9.17, 15) is 13.2 Å². The molecule has 0 bridgehead atoms. The molecule has 1 aromatic carbocycles. The summed E-state index contributed by atoms with van der Waals surface area (Å²) in [6, 6.07) is 9.64. The molecule has 1 amide bonds. The van der Waals surface area contributed by atoms with Gasteiger partial charge in [0.15, 0.2) is 9.84 Å². The zero-order chi connectivity index (χ0) is 19.0. The fraction of sp³-hybridized carbons (Fsp3) is 0.474. The predicted octanol–water partition coefficient (Wildman–Crippen LogP) is 1.09. The lowest BCUT2D eigenvalue weighted by molar-refractivity contribution is -0.136. The number of hydrogen-bond donors (Lipinski definition) is 0. The molecule has 3 heterocycles. The fourth-order valence-electron chi connectivity index (χ4n) is 4.19. The second kappa shape index (κ2) is 7.09. The maximum absolute atomic E-state index is 12.3. The molecule has 2 saturated heterocycles. The Hall–Kier alpha value is -2.19. The van der Waals surface area contributed by atoms with Crippen LogP contribution in [0.2, 0.25) is 0 Å². The number of rotatable bonds is 4. The van der Waals surface area contributed by atoms with Crippen LogP contribution in [-0.4, -0.2) is 70.6 Å². The van der Waals surface area contributed by atoms with Crippen LogP contribution >= 0.6 is 0 Å². The predicted molar refractivity (Wildman–Crippen MR) is 102 cm³/mol. The number of amides is 1. The topological polar surface area (TPSA) is 75.5 Å². The van der Waals surface area contributed by atoms with Crippen LogP contribution in [0.1, 0.15) is 18.9 Å². The van der Waals surface area contributed by atoms with Crippen molar-refractivity contribution in [3.8, 4) is 5.69 Å². The van der Waals surface area contributed by atoms with Gasteiger partial charge in [0.05, 0.1) is 23.2 Å². The van der Waals surface area contributed by atoms with Crippen LogP contribution in [-0.2, 0) is 21.2 Å². The van der Waals surface area contributed by atoms with Crippen LogP contribution in [0.4, 0.5) is 0 Å². The molecule has 0 saturated carbocycles. The van der Waals surface area contributed by atoms with Gasteiger partial charge in [0.2, 0.25) is 5.91 Å². The average molecular weight is 388 g/mol. The lowest BCUT2D eigenvalue weighted by Gasteiger charge is -2.44. The molecule has 2 fully saturated rings. The smallest absolute Gasteiger partial charge is 0.222 e. The van der Waals surface area contributed by atoms with E-state index in [-0.39, 0.29) is 29.5 Å². The van der Waals surface area contributed by atoms with E-state index in [4.69, 9.17) is 0 Å². The summed E-state index contributed by atoms with van der Waals surface area (Å²) in [5.41, 5.74) is 2.09. The van der Waals surface area contributed by atoms with Crippen molar-refractivity contribution in [3.05, 3.63) is 48.3 Å². The maximum atomic E-state index is 12.3. The quantitative estimate of drug-likeness (QED) is 0.784. The third kappa shape index (κ3) is 3.64. The summed E-state index contributed by atoms with van der Waals surface area (Å²) in [6.45, 7) is 3.77. The minimum Gasteiger partial charge on any atom is -0.336 e. The summed E-state index contributed by atoms with van der Waals surface area (Å²) in [4.78, 5) is 16.3. The summed E-state index contributed by atoms with van der Waals surface area (Å²) in [7, 11) is -3.12. The number of aromatic nitrogens is 2. The number of carbonyl (C=O) groups excluding carboxylic acids is 1. The first-order valence-electron chi connectivity index (χ1n) is 9.30. The molecule has 0 unspecified atom stereocenters. The van der Waals surface area contributed by atoms with Gasteiger partial charge >= 0.3 is 0 Å².